The first kappa shape index (κ1) is 21.4. The van der Waals surface area contributed by atoms with E-state index in [4.69, 9.17) is 9.15 Å². The van der Waals surface area contributed by atoms with E-state index in [9.17, 15) is 9.59 Å². The Balaban J connectivity index is 1.39. The highest BCUT2D eigenvalue weighted by atomic mass is 16.5. The highest BCUT2D eigenvalue weighted by Crippen LogP contribution is 2.29. The molecule has 0 bridgehead atoms. The molecule has 1 aromatic rings. The molecular weight excluding hydrogens is 382 g/mol. The molecule has 1 N–H and O–H groups in total. The SMILES string of the molecule is Cc1ccc([C@H](CNC(=O)[C@@H]2CCCN2C(=O)C2CCCCC2)N2CCOCC2)o1. The van der Waals surface area contributed by atoms with E-state index >= 15 is 0 Å². The van der Waals surface area contributed by atoms with Crippen molar-refractivity contribution in [2.24, 2.45) is 5.92 Å². The van der Waals surface area contributed by atoms with Crippen molar-refractivity contribution in [1.29, 1.82) is 0 Å². The second-order valence-corrected chi connectivity index (χ2v) is 8.88. The van der Waals surface area contributed by atoms with Crippen molar-refractivity contribution in [3.63, 3.8) is 0 Å². The highest BCUT2D eigenvalue weighted by molar-refractivity contribution is 5.89. The van der Waals surface area contributed by atoms with Gasteiger partial charge in [0.1, 0.15) is 17.6 Å². The maximum atomic E-state index is 13.1. The van der Waals surface area contributed by atoms with Gasteiger partial charge in [0.15, 0.2) is 0 Å². The molecule has 0 unspecified atom stereocenters. The molecule has 2 aliphatic heterocycles. The Morgan fingerprint density at radius 3 is 2.53 bits per heavy atom. The molecule has 1 aliphatic carbocycles. The van der Waals surface area contributed by atoms with Crippen LogP contribution in [0.1, 0.15) is 62.5 Å². The van der Waals surface area contributed by atoms with E-state index in [2.05, 4.69) is 10.2 Å². The fraction of sp³-hybridized carbons (Fsp3) is 0.739. The van der Waals surface area contributed by atoms with Crippen LogP contribution in [0.3, 0.4) is 0 Å². The molecule has 2 atom stereocenters. The van der Waals surface area contributed by atoms with Gasteiger partial charge in [-0.25, -0.2) is 0 Å². The normalized spacial score (nSPS) is 24.7. The average molecular weight is 418 g/mol. The predicted molar refractivity (Wildman–Crippen MR) is 113 cm³/mol. The zero-order chi connectivity index (χ0) is 20.9. The van der Waals surface area contributed by atoms with Crippen LogP contribution in [0.15, 0.2) is 16.5 Å². The molecular formula is C23H35N3O4. The Hall–Kier alpha value is -1.86. The second-order valence-electron chi connectivity index (χ2n) is 8.88. The average Bonchev–Trinajstić information content (AvgIpc) is 3.44. The molecule has 7 heteroatoms. The van der Waals surface area contributed by atoms with Crippen molar-refractivity contribution in [2.45, 2.75) is 64.0 Å². The summed E-state index contributed by atoms with van der Waals surface area (Å²) in [5, 5.41) is 3.14. The van der Waals surface area contributed by atoms with Crippen LogP contribution in [0.25, 0.3) is 0 Å². The Labute approximate surface area is 179 Å². The zero-order valence-corrected chi connectivity index (χ0v) is 18.1. The Morgan fingerprint density at radius 1 is 1.07 bits per heavy atom. The fourth-order valence-electron chi connectivity index (χ4n) is 5.13. The molecule has 3 fully saturated rings. The molecule has 30 heavy (non-hydrogen) atoms. The van der Waals surface area contributed by atoms with Gasteiger partial charge in [0, 0.05) is 32.1 Å². The van der Waals surface area contributed by atoms with Gasteiger partial charge in [-0.15, -0.1) is 0 Å². The van der Waals surface area contributed by atoms with Gasteiger partial charge in [0.25, 0.3) is 0 Å². The number of ether oxygens (including phenoxy) is 1. The molecule has 166 valence electrons. The number of morpholine rings is 1. The Bertz CT molecular complexity index is 722. The molecule has 2 saturated heterocycles. The lowest BCUT2D eigenvalue weighted by Gasteiger charge is -2.34. The molecule has 0 spiro atoms. The minimum Gasteiger partial charge on any atom is -0.465 e. The van der Waals surface area contributed by atoms with Crippen LogP contribution in [0.2, 0.25) is 0 Å². The third-order valence-electron chi connectivity index (χ3n) is 6.84. The number of carbonyl (C=O) groups excluding carboxylic acids is 2. The number of aryl methyl sites for hydroxylation is 1. The summed E-state index contributed by atoms with van der Waals surface area (Å²) in [5.41, 5.74) is 0. The number of furan rings is 1. The van der Waals surface area contributed by atoms with E-state index in [1.165, 1.54) is 6.42 Å². The van der Waals surface area contributed by atoms with Gasteiger partial charge in [0.05, 0.1) is 19.3 Å². The molecule has 3 heterocycles. The fourth-order valence-corrected chi connectivity index (χ4v) is 5.13. The van der Waals surface area contributed by atoms with Gasteiger partial charge in [-0.1, -0.05) is 19.3 Å². The third kappa shape index (κ3) is 4.89. The molecule has 1 saturated carbocycles. The molecule has 0 aromatic carbocycles. The molecule has 3 aliphatic rings. The van der Waals surface area contributed by atoms with Crippen LogP contribution in [0.5, 0.6) is 0 Å². The number of nitrogens with zero attached hydrogens (tertiary/aromatic N) is 2. The summed E-state index contributed by atoms with van der Waals surface area (Å²) in [5.74, 6) is 2.02. The van der Waals surface area contributed by atoms with E-state index in [1.54, 1.807) is 0 Å². The number of hydrogen-bond acceptors (Lipinski definition) is 5. The molecule has 1 aromatic heterocycles. The largest absolute Gasteiger partial charge is 0.465 e. The first-order chi connectivity index (χ1) is 14.6. The van der Waals surface area contributed by atoms with Gasteiger partial charge in [-0.3, -0.25) is 14.5 Å². The van der Waals surface area contributed by atoms with Crippen molar-refractivity contribution in [3.8, 4) is 0 Å². The van der Waals surface area contributed by atoms with Crippen LogP contribution in [0, 0.1) is 12.8 Å². The van der Waals surface area contributed by atoms with Crippen LogP contribution < -0.4 is 5.32 Å². The number of carbonyl (C=O) groups is 2. The van der Waals surface area contributed by atoms with Crippen molar-refractivity contribution in [3.05, 3.63) is 23.7 Å². The summed E-state index contributed by atoms with van der Waals surface area (Å²) >= 11 is 0. The number of hydrogen-bond donors (Lipinski definition) is 1. The molecule has 2 amide bonds. The van der Waals surface area contributed by atoms with Gasteiger partial charge in [0.2, 0.25) is 11.8 Å². The summed E-state index contributed by atoms with van der Waals surface area (Å²) in [6.07, 6.45) is 7.09. The van der Waals surface area contributed by atoms with Gasteiger partial charge in [-0.2, -0.15) is 0 Å². The number of nitrogens with one attached hydrogen (secondary N) is 1. The Morgan fingerprint density at radius 2 is 1.83 bits per heavy atom. The maximum Gasteiger partial charge on any atom is 0.242 e. The molecule has 7 nitrogen and oxygen atoms in total. The van der Waals surface area contributed by atoms with Gasteiger partial charge >= 0.3 is 0 Å². The number of rotatable bonds is 6. The van der Waals surface area contributed by atoms with Crippen molar-refractivity contribution < 1.29 is 18.7 Å². The topological polar surface area (TPSA) is 75.0 Å². The Kier molecular flexibility index (Phi) is 7.10. The number of amides is 2. The lowest BCUT2D eigenvalue weighted by Crippen LogP contribution is -2.50. The number of likely N-dealkylation sites (tertiary alicyclic amines) is 1. The maximum absolute atomic E-state index is 13.1. The standard InChI is InChI=1S/C23H35N3O4/c1-17-9-10-21(30-17)20(25-12-14-29-15-13-25)16-24-22(27)19-8-5-11-26(19)23(28)18-6-3-2-4-7-18/h9-10,18-20H,2-8,11-16H2,1H3,(H,24,27)/t19-,20-/m0/s1. The van der Waals surface area contributed by atoms with E-state index in [0.29, 0.717) is 26.3 Å². The van der Waals surface area contributed by atoms with E-state index in [-0.39, 0.29) is 29.8 Å². The van der Waals surface area contributed by atoms with Crippen LogP contribution >= 0.6 is 0 Å². The van der Waals surface area contributed by atoms with Crippen molar-refractivity contribution in [1.82, 2.24) is 15.1 Å². The van der Waals surface area contributed by atoms with E-state index in [0.717, 1.165) is 63.1 Å². The molecule has 4 rings (SSSR count). The van der Waals surface area contributed by atoms with Crippen molar-refractivity contribution >= 4 is 11.8 Å². The predicted octanol–water partition coefficient (Wildman–Crippen LogP) is 2.65. The lowest BCUT2D eigenvalue weighted by atomic mass is 9.88. The summed E-state index contributed by atoms with van der Waals surface area (Å²) in [7, 11) is 0. The highest BCUT2D eigenvalue weighted by Gasteiger charge is 2.37. The first-order valence-corrected chi connectivity index (χ1v) is 11.6. The van der Waals surface area contributed by atoms with Crippen LogP contribution in [-0.2, 0) is 14.3 Å². The monoisotopic (exact) mass is 417 g/mol. The zero-order valence-electron chi connectivity index (χ0n) is 18.1. The second kappa shape index (κ2) is 9.96. The smallest absolute Gasteiger partial charge is 0.242 e. The summed E-state index contributed by atoms with van der Waals surface area (Å²) in [6.45, 7) is 6.13. The minimum atomic E-state index is -0.330. The quantitative estimate of drug-likeness (QED) is 0.770. The van der Waals surface area contributed by atoms with Crippen LogP contribution in [0.4, 0.5) is 0 Å². The van der Waals surface area contributed by atoms with Gasteiger partial charge in [-0.05, 0) is 44.7 Å². The molecule has 0 radical (unpaired) electrons. The third-order valence-corrected chi connectivity index (χ3v) is 6.84. The lowest BCUT2D eigenvalue weighted by molar-refractivity contribution is -0.142. The summed E-state index contributed by atoms with van der Waals surface area (Å²) in [4.78, 5) is 30.3. The van der Waals surface area contributed by atoms with E-state index in [1.807, 2.05) is 24.0 Å². The summed E-state index contributed by atoms with van der Waals surface area (Å²) < 4.78 is 11.4. The van der Waals surface area contributed by atoms with Crippen molar-refractivity contribution in [2.75, 3.05) is 39.4 Å². The minimum absolute atomic E-state index is 0.0181. The first-order valence-electron chi connectivity index (χ1n) is 11.6. The van der Waals surface area contributed by atoms with Crippen LogP contribution in [-0.4, -0.2) is 67.0 Å². The van der Waals surface area contributed by atoms with Gasteiger partial charge < -0.3 is 19.4 Å². The summed E-state index contributed by atoms with van der Waals surface area (Å²) in [6, 6.07) is 3.61. The van der Waals surface area contributed by atoms with E-state index < -0.39 is 0 Å².